The fraction of sp³-hybridized carbons (Fsp3) is 0.429. The fourth-order valence-electron chi connectivity index (χ4n) is 6.90. The fourth-order valence-corrected chi connectivity index (χ4v) is 8.35. The number of nitrogens with two attached hydrogens (primary N) is 1. The van der Waals surface area contributed by atoms with Gasteiger partial charge in [-0.2, -0.15) is 13.2 Å². The van der Waals surface area contributed by atoms with Crippen LogP contribution in [0.2, 0.25) is 0 Å². The second-order valence-electron chi connectivity index (χ2n) is 11.2. The number of nitrogens with one attached hydrogen (secondary N) is 1. The van der Waals surface area contributed by atoms with Gasteiger partial charge in [0.05, 0.1) is 5.41 Å². The number of anilines is 1. The molecule has 1 spiro atoms. The molecular weight excluding hydrogens is 600 g/mol. The minimum absolute atomic E-state index is 0.123. The molecule has 0 bridgehead atoms. The van der Waals surface area contributed by atoms with Crippen LogP contribution in [0.3, 0.4) is 0 Å². The number of alkyl halides is 3. The molecule has 8 nitrogen and oxygen atoms in total. The normalized spacial score (nSPS) is 28.8. The maximum Gasteiger partial charge on any atom is 0.406 e. The Labute approximate surface area is 245 Å². The van der Waals surface area contributed by atoms with Gasteiger partial charge in [0.25, 0.3) is 5.91 Å². The third kappa shape index (κ3) is 4.62. The molecule has 3 aliphatic heterocycles. The highest BCUT2D eigenvalue weighted by Crippen LogP contribution is 2.56. The van der Waals surface area contributed by atoms with Crippen molar-refractivity contribution in [2.45, 2.75) is 67.6 Å². The molecule has 6 rings (SSSR count). The summed E-state index contributed by atoms with van der Waals surface area (Å²) in [5.41, 5.74) is 5.05. The second kappa shape index (κ2) is 10.2. The third-order valence-electron chi connectivity index (χ3n) is 8.88. The molecule has 4 aliphatic rings. The summed E-state index contributed by atoms with van der Waals surface area (Å²) in [7, 11) is 0. The Kier molecular flexibility index (Phi) is 6.93. The quantitative estimate of drug-likeness (QED) is 0.388. The van der Waals surface area contributed by atoms with Crippen molar-refractivity contribution in [1.29, 1.82) is 0 Å². The van der Waals surface area contributed by atoms with Crippen LogP contribution in [0.4, 0.5) is 32.2 Å². The number of carbonyl (C=O) groups is 3. The molecule has 43 heavy (non-hydrogen) atoms. The van der Waals surface area contributed by atoms with E-state index in [2.05, 4.69) is 10.3 Å². The lowest BCUT2D eigenvalue weighted by atomic mass is 9.71. The van der Waals surface area contributed by atoms with E-state index in [1.54, 1.807) is 12.1 Å². The van der Waals surface area contributed by atoms with E-state index in [1.807, 2.05) is 0 Å². The van der Waals surface area contributed by atoms with Crippen LogP contribution in [0.25, 0.3) is 0 Å². The van der Waals surface area contributed by atoms with Crippen molar-refractivity contribution >= 4 is 35.3 Å². The molecule has 228 valence electrons. The number of carbonyl (C=O) groups excluding carboxylic acids is 3. The molecule has 1 saturated heterocycles. The minimum Gasteiger partial charge on any atom is -0.367 e. The van der Waals surface area contributed by atoms with E-state index < -0.39 is 82.8 Å². The highest BCUT2D eigenvalue weighted by molar-refractivity contribution is 8.04. The van der Waals surface area contributed by atoms with Crippen LogP contribution in [0.1, 0.15) is 49.7 Å². The molecule has 15 heteroatoms. The first-order valence-electron chi connectivity index (χ1n) is 13.5. The minimum atomic E-state index is -4.86. The predicted octanol–water partition coefficient (Wildman–Crippen LogP) is 4.28. The summed E-state index contributed by atoms with van der Waals surface area (Å²) >= 11 is 0.994. The number of allylic oxidation sites excluding steroid dienone is 2. The highest BCUT2D eigenvalue weighted by atomic mass is 32.2. The van der Waals surface area contributed by atoms with Crippen molar-refractivity contribution in [2.75, 3.05) is 11.9 Å². The van der Waals surface area contributed by atoms with Gasteiger partial charge in [0.1, 0.15) is 24.2 Å². The van der Waals surface area contributed by atoms with Crippen LogP contribution in [-0.4, -0.2) is 62.7 Å². The number of hydrogen-bond donors (Lipinski definition) is 2. The van der Waals surface area contributed by atoms with E-state index >= 15 is 4.39 Å². The number of likely N-dealkylation sites (tertiary alicyclic amines) is 1. The van der Waals surface area contributed by atoms with Crippen molar-refractivity contribution in [3.05, 3.63) is 69.6 Å². The van der Waals surface area contributed by atoms with Crippen LogP contribution in [-0.2, 0) is 19.8 Å². The molecule has 3 N–H and O–H groups in total. The first-order valence-corrected chi connectivity index (χ1v) is 14.4. The lowest BCUT2D eigenvalue weighted by Crippen LogP contribution is -2.61. The first kappa shape index (κ1) is 29.3. The zero-order valence-electron chi connectivity index (χ0n) is 22.6. The molecule has 0 saturated carbocycles. The number of hydrogen-bond acceptors (Lipinski definition) is 6. The molecule has 1 aromatic heterocycles. The van der Waals surface area contributed by atoms with E-state index in [4.69, 9.17) is 5.73 Å². The molecular formula is C28H25F6N5O3S. The number of thioether (sulfide) groups is 1. The SMILES string of the molecule is C[C@@H]1[C@H](c2c(F)ccc(F)c2F)C[C@H](N2C3=C(CC4(CC3)C(=O)Nc3ncccc34)SC2C(N)=O)C(=O)N1CC(F)(F)F. The Balaban J connectivity index is 1.43. The number of benzene rings is 1. The Hall–Kier alpha value is -3.75. The zero-order valence-corrected chi connectivity index (χ0v) is 23.4. The number of rotatable bonds is 4. The number of amides is 3. The van der Waals surface area contributed by atoms with Crippen molar-refractivity contribution in [3.63, 3.8) is 0 Å². The maximum atomic E-state index is 15.0. The Morgan fingerprint density at radius 1 is 1.19 bits per heavy atom. The largest absolute Gasteiger partial charge is 0.406 e. The van der Waals surface area contributed by atoms with Gasteiger partial charge in [-0.05, 0) is 50.8 Å². The van der Waals surface area contributed by atoms with Crippen LogP contribution >= 0.6 is 11.8 Å². The molecule has 2 aromatic rings. The number of primary amides is 1. The monoisotopic (exact) mass is 625 g/mol. The summed E-state index contributed by atoms with van der Waals surface area (Å²) in [6.45, 7) is -0.502. The van der Waals surface area contributed by atoms with Crippen molar-refractivity contribution in [2.24, 2.45) is 5.73 Å². The van der Waals surface area contributed by atoms with E-state index in [-0.39, 0.29) is 25.2 Å². The topological polar surface area (TPSA) is 109 Å². The second-order valence-corrected chi connectivity index (χ2v) is 12.4. The molecule has 4 heterocycles. The van der Waals surface area contributed by atoms with Crippen molar-refractivity contribution < 1.29 is 40.7 Å². The van der Waals surface area contributed by atoms with Gasteiger partial charge in [0.2, 0.25) is 11.8 Å². The van der Waals surface area contributed by atoms with E-state index in [1.165, 1.54) is 18.0 Å². The predicted molar refractivity (Wildman–Crippen MR) is 143 cm³/mol. The number of fused-ring (bicyclic) bond motifs is 2. The smallest absolute Gasteiger partial charge is 0.367 e. The van der Waals surface area contributed by atoms with Crippen LogP contribution < -0.4 is 11.1 Å². The number of piperidine rings is 1. The van der Waals surface area contributed by atoms with Gasteiger partial charge in [-0.3, -0.25) is 14.4 Å². The molecule has 2 unspecified atom stereocenters. The van der Waals surface area contributed by atoms with Gasteiger partial charge >= 0.3 is 6.18 Å². The van der Waals surface area contributed by atoms with Crippen LogP contribution in [0.5, 0.6) is 0 Å². The summed E-state index contributed by atoms with van der Waals surface area (Å²) in [6, 6.07) is 1.85. The van der Waals surface area contributed by atoms with Crippen LogP contribution in [0, 0.1) is 17.5 Å². The van der Waals surface area contributed by atoms with E-state index in [9.17, 15) is 36.3 Å². The number of halogens is 6. The number of nitrogens with zero attached hydrogens (tertiary/aromatic N) is 3. The summed E-state index contributed by atoms with van der Waals surface area (Å²) in [5.74, 6) is -7.29. The molecule has 1 aliphatic carbocycles. The maximum absolute atomic E-state index is 15.0. The summed E-state index contributed by atoms with van der Waals surface area (Å²) in [5, 5.41) is 1.53. The van der Waals surface area contributed by atoms with Crippen molar-refractivity contribution in [3.8, 4) is 0 Å². The van der Waals surface area contributed by atoms with Gasteiger partial charge in [0.15, 0.2) is 17.0 Å². The Morgan fingerprint density at radius 3 is 2.60 bits per heavy atom. The summed E-state index contributed by atoms with van der Waals surface area (Å²) in [4.78, 5) is 46.3. The Bertz CT molecular complexity index is 1580. The lowest BCUT2D eigenvalue weighted by Gasteiger charge is -2.47. The number of pyridine rings is 1. The van der Waals surface area contributed by atoms with E-state index in [0.717, 1.165) is 11.8 Å². The summed E-state index contributed by atoms with van der Waals surface area (Å²) in [6.07, 6.45) is -3.23. The van der Waals surface area contributed by atoms with Gasteiger partial charge < -0.3 is 20.9 Å². The van der Waals surface area contributed by atoms with E-state index in [0.29, 0.717) is 39.0 Å². The third-order valence-corrected chi connectivity index (χ3v) is 10.2. The summed E-state index contributed by atoms with van der Waals surface area (Å²) < 4.78 is 85.3. The lowest BCUT2D eigenvalue weighted by molar-refractivity contribution is -0.173. The molecule has 5 atom stereocenters. The molecule has 1 fully saturated rings. The highest BCUT2D eigenvalue weighted by Gasteiger charge is 2.56. The zero-order chi connectivity index (χ0) is 31.0. The standard InChI is InChI=1S/C28H25F6N5O3S/c1-12-13(20-15(29)4-5-16(30)21(20)31)9-18(24(41)38(12)11-28(32,33)34)39-17-6-7-27(10-19(17)43-25(39)22(35)40)14-3-2-8-36-23(14)37-26(27)42/h2-5,8,12-13,18,25H,6-7,9-11H2,1H3,(H2,35,40)(H,36,37,42)/t12-,13-,18+,25?,27?/m1/s1. The molecule has 3 amide bonds. The van der Waals surface area contributed by atoms with Gasteiger partial charge in [-0.15, -0.1) is 0 Å². The average molecular weight is 626 g/mol. The Morgan fingerprint density at radius 2 is 1.91 bits per heavy atom. The average Bonchev–Trinajstić information content (AvgIpc) is 3.45. The number of aromatic nitrogens is 1. The first-order chi connectivity index (χ1) is 20.2. The van der Waals surface area contributed by atoms with Crippen LogP contribution in [0.15, 0.2) is 41.1 Å². The van der Waals surface area contributed by atoms with Gasteiger partial charge in [-0.25, -0.2) is 18.2 Å². The van der Waals surface area contributed by atoms with Gasteiger partial charge in [-0.1, -0.05) is 17.8 Å². The van der Waals surface area contributed by atoms with Gasteiger partial charge in [0, 0.05) is 39.9 Å². The molecule has 1 aromatic carbocycles. The van der Waals surface area contributed by atoms with Crippen molar-refractivity contribution in [1.82, 2.24) is 14.8 Å². The molecule has 0 radical (unpaired) electrons.